The first-order chi connectivity index (χ1) is 9.99. The van der Waals surface area contributed by atoms with Crippen LogP contribution in [-0.2, 0) is 9.59 Å². The number of rotatable bonds is 5. The van der Waals surface area contributed by atoms with Crippen LogP contribution in [0.3, 0.4) is 0 Å². The van der Waals surface area contributed by atoms with Gasteiger partial charge in [0.25, 0.3) is 0 Å². The molecule has 2 rings (SSSR count). The molecule has 0 fully saturated rings. The fourth-order valence-electron chi connectivity index (χ4n) is 2.22. The van der Waals surface area contributed by atoms with E-state index < -0.39 is 18.1 Å². The molecule has 0 spiro atoms. The predicted octanol–water partition coefficient (Wildman–Crippen LogP) is 1.44. The Morgan fingerprint density at radius 2 is 2.10 bits per heavy atom. The van der Waals surface area contributed by atoms with Crippen molar-refractivity contribution in [3.05, 3.63) is 41.5 Å². The van der Waals surface area contributed by atoms with Gasteiger partial charge >= 0.3 is 5.97 Å². The standard InChI is InChI=1S/C15H17NO4S/c1-9(17)16-12(15(19)20)8-21-14-11-5-3-2-4-10(11)6-7-13(14)18/h2-7,12-14,18H,8H2,1H3,(H,16,17)(H,19,20)/t12-,13+,14+/m0/s1. The number of hydrogen-bond donors (Lipinski definition) is 3. The molecule has 3 N–H and O–H groups in total. The van der Waals surface area contributed by atoms with Gasteiger partial charge in [-0.1, -0.05) is 36.4 Å². The minimum Gasteiger partial charge on any atom is -0.480 e. The lowest BCUT2D eigenvalue weighted by Gasteiger charge is -2.27. The number of carbonyl (C=O) groups excluding carboxylic acids is 1. The van der Waals surface area contributed by atoms with Gasteiger partial charge in [0.1, 0.15) is 6.04 Å². The molecule has 1 amide bonds. The van der Waals surface area contributed by atoms with E-state index in [0.29, 0.717) is 0 Å². The molecule has 3 atom stereocenters. The summed E-state index contributed by atoms with van der Waals surface area (Å²) in [4.78, 5) is 22.2. The molecule has 0 saturated heterocycles. The number of thioether (sulfide) groups is 1. The molecule has 112 valence electrons. The topological polar surface area (TPSA) is 86.6 Å². The van der Waals surface area contributed by atoms with Crippen LogP contribution in [0.15, 0.2) is 30.3 Å². The van der Waals surface area contributed by atoms with E-state index in [1.807, 2.05) is 30.3 Å². The number of benzene rings is 1. The summed E-state index contributed by atoms with van der Waals surface area (Å²) in [5, 5.41) is 21.4. The summed E-state index contributed by atoms with van der Waals surface area (Å²) in [5.74, 6) is -1.27. The summed E-state index contributed by atoms with van der Waals surface area (Å²) < 4.78 is 0. The summed E-state index contributed by atoms with van der Waals surface area (Å²) >= 11 is 1.33. The SMILES string of the molecule is CC(=O)N[C@@H](CS[C@@H]1c2ccccc2C=C[C@H]1O)C(=O)O. The quantitative estimate of drug-likeness (QED) is 0.766. The first kappa shape index (κ1) is 15.6. The first-order valence-electron chi connectivity index (χ1n) is 6.55. The van der Waals surface area contributed by atoms with E-state index in [9.17, 15) is 14.7 Å². The number of carboxylic acids is 1. The lowest BCUT2D eigenvalue weighted by Crippen LogP contribution is -2.41. The minimum absolute atomic E-state index is 0.193. The van der Waals surface area contributed by atoms with Crippen molar-refractivity contribution in [2.75, 3.05) is 5.75 Å². The molecule has 0 aliphatic heterocycles. The van der Waals surface area contributed by atoms with E-state index in [2.05, 4.69) is 5.32 Å². The van der Waals surface area contributed by atoms with Crippen LogP contribution in [-0.4, -0.2) is 40.0 Å². The highest BCUT2D eigenvalue weighted by atomic mass is 32.2. The molecular formula is C15H17NO4S. The van der Waals surface area contributed by atoms with E-state index in [0.717, 1.165) is 11.1 Å². The normalized spacial score (nSPS) is 21.4. The van der Waals surface area contributed by atoms with Crippen molar-refractivity contribution in [3.63, 3.8) is 0 Å². The molecule has 0 heterocycles. The highest BCUT2D eigenvalue weighted by Crippen LogP contribution is 2.38. The third-order valence-electron chi connectivity index (χ3n) is 3.20. The molecule has 1 aliphatic carbocycles. The molecule has 0 radical (unpaired) electrons. The predicted molar refractivity (Wildman–Crippen MR) is 81.9 cm³/mol. The molecule has 5 nitrogen and oxygen atoms in total. The summed E-state index contributed by atoms with van der Waals surface area (Å²) in [6.07, 6.45) is 2.89. The maximum Gasteiger partial charge on any atom is 0.327 e. The van der Waals surface area contributed by atoms with Gasteiger partial charge in [0.15, 0.2) is 0 Å². The van der Waals surface area contributed by atoms with Crippen molar-refractivity contribution in [1.82, 2.24) is 5.32 Å². The van der Waals surface area contributed by atoms with Crippen LogP contribution in [0.25, 0.3) is 6.08 Å². The van der Waals surface area contributed by atoms with Crippen molar-refractivity contribution in [2.45, 2.75) is 24.3 Å². The average Bonchev–Trinajstić information content (AvgIpc) is 2.44. The number of carboxylic acid groups (broad SMARTS) is 1. The molecule has 0 saturated carbocycles. The van der Waals surface area contributed by atoms with Crippen LogP contribution < -0.4 is 5.32 Å². The van der Waals surface area contributed by atoms with Gasteiger partial charge in [-0.2, -0.15) is 0 Å². The number of fused-ring (bicyclic) bond motifs is 1. The number of aliphatic hydroxyl groups excluding tert-OH is 1. The number of hydrogen-bond acceptors (Lipinski definition) is 4. The molecule has 0 unspecified atom stereocenters. The van der Waals surface area contributed by atoms with Crippen molar-refractivity contribution >= 4 is 29.7 Å². The summed E-state index contributed by atoms with van der Waals surface area (Å²) in [7, 11) is 0. The monoisotopic (exact) mass is 307 g/mol. The second-order valence-electron chi connectivity index (χ2n) is 4.82. The van der Waals surface area contributed by atoms with Crippen molar-refractivity contribution in [3.8, 4) is 0 Å². The highest BCUT2D eigenvalue weighted by Gasteiger charge is 2.27. The zero-order valence-corrected chi connectivity index (χ0v) is 12.3. The van der Waals surface area contributed by atoms with Crippen LogP contribution in [0, 0.1) is 0 Å². The second-order valence-corrected chi connectivity index (χ2v) is 6.00. The van der Waals surface area contributed by atoms with Crippen molar-refractivity contribution < 1.29 is 19.8 Å². The fourth-order valence-corrected chi connectivity index (χ4v) is 3.53. The molecule has 0 bridgehead atoms. The summed E-state index contributed by atoms with van der Waals surface area (Å²) in [6, 6.07) is 6.72. The Bertz CT molecular complexity index is 573. The van der Waals surface area contributed by atoms with Gasteiger partial charge in [-0.05, 0) is 11.1 Å². The van der Waals surface area contributed by atoms with Crippen molar-refractivity contribution in [1.29, 1.82) is 0 Å². The number of carbonyl (C=O) groups is 2. The smallest absolute Gasteiger partial charge is 0.327 e. The van der Waals surface area contributed by atoms with Crippen LogP contribution in [0.2, 0.25) is 0 Å². The minimum atomic E-state index is -1.08. The van der Waals surface area contributed by atoms with Gasteiger partial charge in [0.2, 0.25) is 5.91 Å². The van der Waals surface area contributed by atoms with E-state index in [-0.39, 0.29) is 16.9 Å². The Balaban J connectivity index is 2.09. The van der Waals surface area contributed by atoms with Gasteiger partial charge in [0.05, 0.1) is 11.4 Å². The number of nitrogens with one attached hydrogen (secondary N) is 1. The van der Waals surface area contributed by atoms with Crippen LogP contribution in [0.1, 0.15) is 23.3 Å². The Kier molecular flexibility index (Phi) is 5.03. The Labute approximate surface area is 127 Å². The van der Waals surface area contributed by atoms with Gasteiger partial charge in [-0.25, -0.2) is 4.79 Å². The van der Waals surface area contributed by atoms with Crippen LogP contribution in [0.5, 0.6) is 0 Å². The Hall–Kier alpha value is -1.79. The van der Waals surface area contributed by atoms with Crippen molar-refractivity contribution in [2.24, 2.45) is 0 Å². The largest absolute Gasteiger partial charge is 0.480 e. The van der Waals surface area contributed by atoms with Crippen LogP contribution in [0.4, 0.5) is 0 Å². The molecule has 6 heteroatoms. The molecule has 1 aromatic rings. The lowest BCUT2D eigenvalue weighted by atomic mass is 9.95. The van der Waals surface area contributed by atoms with E-state index in [1.54, 1.807) is 6.08 Å². The summed E-state index contributed by atoms with van der Waals surface area (Å²) in [5.41, 5.74) is 2.00. The zero-order valence-electron chi connectivity index (χ0n) is 11.5. The highest BCUT2D eigenvalue weighted by molar-refractivity contribution is 7.99. The number of aliphatic carboxylic acids is 1. The van der Waals surface area contributed by atoms with Gasteiger partial charge < -0.3 is 15.5 Å². The maximum absolute atomic E-state index is 11.1. The second kappa shape index (κ2) is 6.78. The zero-order chi connectivity index (χ0) is 15.4. The van der Waals surface area contributed by atoms with Gasteiger partial charge in [0, 0.05) is 12.7 Å². The summed E-state index contributed by atoms with van der Waals surface area (Å²) in [6.45, 7) is 1.29. The number of aliphatic hydroxyl groups is 1. The van der Waals surface area contributed by atoms with E-state index in [1.165, 1.54) is 18.7 Å². The van der Waals surface area contributed by atoms with Crippen LogP contribution >= 0.6 is 11.8 Å². The van der Waals surface area contributed by atoms with Gasteiger partial charge in [-0.15, -0.1) is 11.8 Å². The average molecular weight is 307 g/mol. The number of amides is 1. The van der Waals surface area contributed by atoms with E-state index >= 15 is 0 Å². The molecule has 0 aromatic heterocycles. The first-order valence-corrected chi connectivity index (χ1v) is 7.60. The molecular weight excluding hydrogens is 290 g/mol. The van der Waals surface area contributed by atoms with E-state index in [4.69, 9.17) is 5.11 Å². The lowest BCUT2D eigenvalue weighted by molar-refractivity contribution is -0.140. The molecule has 1 aliphatic rings. The Morgan fingerprint density at radius 1 is 1.38 bits per heavy atom. The third kappa shape index (κ3) is 3.86. The molecule has 21 heavy (non-hydrogen) atoms. The maximum atomic E-state index is 11.1. The third-order valence-corrected chi connectivity index (χ3v) is 4.62. The Morgan fingerprint density at radius 3 is 2.76 bits per heavy atom. The van der Waals surface area contributed by atoms with Gasteiger partial charge in [-0.3, -0.25) is 4.79 Å². The fraction of sp³-hybridized carbons (Fsp3) is 0.333. The molecule has 1 aromatic carbocycles.